The number of benzene rings is 2. The number of pyridine rings is 1. The summed E-state index contributed by atoms with van der Waals surface area (Å²) in [6.45, 7) is 6.64. The van der Waals surface area contributed by atoms with Crippen LogP contribution in [-0.2, 0) is 19.4 Å². The van der Waals surface area contributed by atoms with Gasteiger partial charge >= 0.3 is 0 Å². The van der Waals surface area contributed by atoms with E-state index in [0.29, 0.717) is 24.3 Å². The summed E-state index contributed by atoms with van der Waals surface area (Å²) in [7, 11) is 1.66. The minimum absolute atomic E-state index is 0.00341. The van der Waals surface area contributed by atoms with Crippen LogP contribution in [0.25, 0.3) is 21.3 Å². The van der Waals surface area contributed by atoms with Crippen LogP contribution < -0.4 is 10.3 Å². The van der Waals surface area contributed by atoms with Crippen LogP contribution in [0.5, 0.6) is 5.75 Å². The molecule has 0 unspecified atom stereocenters. The van der Waals surface area contributed by atoms with Gasteiger partial charge in [0.15, 0.2) is 0 Å². The van der Waals surface area contributed by atoms with Gasteiger partial charge in [-0.15, -0.1) is 11.3 Å². The average Bonchev–Trinajstić information content (AvgIpc) is 3.37. The lowest BCUT2D eigenvalue weighted by atomic mass is 9.99. The van der Waals surface area contributed by atoms with Gasteiger partial charge in [0.25, 0.3) is 5.56 Å². The third-order valence-corrected chi connectivity index (χ3v) is 7.95. The number of nitriles is 1. The van der Waals surface area contributed by atoms with Crippen molar-refractivity contribution in [3.8, 4) is 22.9 Å². The van der Waals surface area contributed by atoms with E-state index >= 15 is 0 Å². The molecule has 0 aliphatic carbocycles. The van der Waals surface area contributed by atoms with Crippen LogP contribution in [0.15, 0.2) is 83.2 Å². The van der Waals surface area contributed by atoms with Crippen molar-refractivity contribution < 1.29 is 4.74 Å². The van der Waals surface area contributed by atoms with Crippen LogP contribution >= 0.6 is 11.3 Å². The van der Waals surface area contributed by atoms with E-state index in [-0.39, 0.29) is 5.56 Å². The van der Waals surface area contributed by atoms with E-state index in [1.807, 2.05) is 73.0 Å². The number of ether oxygens (including phenoxy) is 1. The predicted molar refractivity (Wildman–Crippen MR) is 155 cm³/mol. The second-order valence-corrected chi connectivity index (χ2v) is 10.0. The first-order chi connectivity index (χ1) is 18.0. The number of nitrogens with zero attached hydrogens (tertiary/aromatic N) is 2. The Balaban J connectivity index is 1.77. The zero-order valence-electron chi connectivity index (χ0n) is 21.9. The maximum atomic E-state index is 13.9. The largest absolute Gasteiger partial charge is 0.496 e. The maximum Gasteiger partial charge on any atom is 0.258 e. The Hall–Kier alpha value is -3.88. The molecule has 4 aromatic rings. The van der Waals surface area contributed by atoms with E-state index in [4.69, 9.17) is 4.74 Å². The van der Waals surface area contributed by atoms with Crippen molar-refractivity contribution in [2.45, 2.75) is 46.6 Å². The number of hydrogen-bond acceptors (Lipinski definition) is 4. The molecule has 0 aliphatic heterocycles. The molecule has 2 aromatic carbocycles. The minimum Gasteiger partial charge on any atom is -0.496 e. The molecule has 0 radical (unpaired) electrons. The zero-order chi connectivity index (χ0) is 26.4. The van der Waals surface area contributed by atoms with Crippen molar-refractivity contribution in [2.75, 3.05) is 7.11 Å². The molecule has 37 heavy (non-hydrogen) atoms. The van der Waals surface area contributed by atoms with Crippen LogP contribution in [0.2, 0.25) is 0 Å². The molecule has 0 atom stereocenters. The average molecular weight is 509 g/mol. The minimum atomic E-state index is 0.00341. The highest BCUT2D eigenvalue weighted by molar-refractivity contribution is 7.18. The van der Waals surface area contributed by atoms with E-state index in [1.165, 1.54) is 10.5 Å². The SMILES string of the molecule is C/C=C\C(=C/C)CCc1c(OC)c2cc(CC)sc2n(Cc2ccc(-c3ccccc3C#N)cc2)c1=O. The van der Waals surface area contributed by atoms with Crippen LogP contribution in [0.3, 0.4) is 0 Å². The van der Waals surface area contributed by atoms with E-state index in [2.05, 4.69) is 31.2 Å². The van der Waals surface area contributed by atoms with Crippen LogP contribution in [0.1, 0.15) is 48.8 Å². The number of rotatable bonds is 9. The smallest absolute Gasteiger partial charge is 0.258 e. The second kappa shape index (κ2) is 11.9. The van der Waals surface area contributed by atoms with Gasteiger partial charge in [-0.1, -0.05) is 73.2 Å². The summed E-state index contributed by atoms with van der Waals surface area (Å²) in [4.78, 5) is 16.1. The van der Waals surface area contributed by atoms with Gasteiger partial charge in [-0.05, 0) is 61.9 Å². The highest BCUT2D eigenvalue weighted by Crippen LogP contribution is 2.35. The molecule has 2 heterocycles. The van der Waals surface area contributed by atoms with Crippen LogP contribution in [0, 0.1) is 11.3 Å². The van der Waals surface area contributed by atoms with Crippen molar-refractivity contribution in [3.63, 3.8) is 0 Å². The van der Waals surface area contributed by atoms with Gasteiger partial charge < -0.3 is 4.74 Å². The fourth-order valence-electron chi connectivity index (χ4n) is 4.69. The zero-order valence-corrected chi connectivity index (χ0v) is 22.7. The molecular weight excluding hydrogens is 476 g/mol. The van der Waals surface area contributed by atoms with E-state index in [0.717, 1.165) is 45.3 Å². The molecule has 4 nitrogen and oxygen atoms in total. The molecular formula is C32H32N2O2S. The lowest BCUT2D eigenvalue weighted by molar-refractivity contribution is 0.412. The van der Waals surface area contributed by atoms with Crippen LogP contribution in [-0.4, -0.2) is 11.7 Å². The first-order valence-corrected chi connectivity index (χ1v) is 13.4. The first-order valence-electron chi connectivity index (χ1n) is 12.6. The topological polar surface area (TPSA) is 55.0 Å². The third kappa shape index (κ3) is 5.45. The summed E-state index contributed by atoms with van der Waals surface area (Å²) in [5, 5.41) is 10.5. The van der Waals surface area contributed by atoms with Crippen molar-refractivity contribution in [2.24, 2.45) is 0 Å². The quantitative estimate of drug-likeness (QED) is 0.218. The summed E-state index contributed by atoms with van der Waals surface area (Å²) < 4.78 is 7.75. The van der Waals surface area contributed by atoms with Crippen molar-refractivity contribution in [3.05, 3.63) is 110 Å². The Morgan fingerprint density at radius 2 is 1.89 bits per heavy atom. The van der Waals surface area contributed by atoms with Gasteiger partial charge in [-0.2, -0.15) is 5.26 Å². The summed E-state index contributed by atoms with van der Waals surface area (Å²) in [5.74, 6) is 0.701. The van der Waals surface area contributed by atoms with Gasteiger partial charge in [0.05, 0.1) is 36.2 Å². The highest BCUT2D eigenvalue weighted by Gasteiger charge is 2.20. The lowest BCUT2D eigenvalue weighted by Gasteiger charge is -2.15. The number of allylic oxidation sites excluding steroid dienone is 4. The fourth-order valence-corrected chi connectivity index (χ4v) is 5.78. The van der Waals surface area contributed by atoms with Crippen molar-refractivity contribution >= 4 is 21.6 Å². The molecule has 188 valence electrons. The summed E-state index contributed by atoms with van der Waals surface area (Å²) >= 11 is 1.66. The molecule has 0 bridgehead atoms. The fraction of sp³-hybridized carbons (Fsp3) is 0.250. The second-order valence-electron chi connectivity index (χ2n) is 8.91. The van der Waals surface area contributed by atoms with Crippen LogP contribution in [0.4, 0.5) is 0 Å². The number of aromatic nitrogens is 1. The van der Waals surface area contributed by atoms with E-state index in [1.54, 1.807) is 18.4 Å². The number of fused-ring (bicyclic) bond motifs is 1. The normalized spacial score (nSPS) is 11.8. The number of hydrogen-bond donors (Lipinski definition) is 0. The molecule has 2 aromatic heterocycles. The molecule has 0 fully saturated rings. The van der Waals surface area contributed by atoms with E-state index < -0.39 is 0 Å². The molecule has 0 spiro atoms. The molecule has 5 heteroatoms. The van der Waals surface area contributed by atoms with Gasteiger partial charge in [0, 0.05) is 4.88 Å². The Bertz CT molecular complexity index is 1560. The van der Waals surface area contributed by atoms with Gasteiger partial charge in [0.2, 0.25) is 0 Å². The predicted octanol–water partition coefficient (Wildman–Crippen LogP) is 7.68. The van der Waals surface area contributed by atoms with Gasteiger partial charge in [-0.3, -0.25) is 9.36 Å². The molecule has 4 rings (SSSR count). The summed E-state index contributed by atoms with van der Waals surface area (Å²) in [5.41, 5.74) is 5.51. The maximum absolute atomic E-state index is 13.9. The Labute approximate surface area is 222 Å². The number of methoxy groups -OCH3 is 1. The Morgan fingerprint density at radius 1 is 1.14 bits per heavy atom. The standard InChI is InChI=1S/C32H32N2O2S/c1-5-10-22(6-2)15-18-28-30(36-4)29-19-26(7-3)37-32(29)34(31(28)35)21-23-13-16-24(17-14-23)27-12-9-8-11-25(27)20-33/h5-6,8-14,16-17,19H,7,15,18,21H2,1-4H3/b10-5-,22-6+. The molecule has 0 aliphatic rings. The summed E-state index contributed by atoms with van der Waals surface area (Å²) in [6.07, 6.45) is 8.51. The molecule has 0 saturated carbocycles. The van der Waals surface area contributed by atoms with Gasteiger partial charge in [-0.25, -0.2) is 0 Å². The van der Waals surface area contributed by atoms with Crippen molar-refractivity contribution in [1.82, 2.24) is 4.57 Å². The number of aryl methyl sites for hydroxylation is 1. The number of thiophene rings is 1. The summed E-state index contributed by atoms with van der Waals surface area (Å²) in [6, 6.07) is 20.2. The Morgan fingerprint density at radius 3 is 2.54 bits per heavy atom. The van der Waals surface area contributed by atoms with Gasteiger partial charge in [0.1, 0.15) is 10.6 Å². The first kappa shape index (κ1) is 26.2. The van der Waals surface area contributed by atoms with E-state index in [9.17, 15) is 10.1 Å². The lowest BCUT2D eigenvalue weighted by Crippen LogP contribution is -2.25. The molecule has 0 amide bonds. The van der Waals surface area contributed by atoms with Crippen molar-refractivity contribution in [1.29, 1.82) is 5.26 Å². The molecule has 0 saturated heterocycles. The third-order valence-electron chi connectivity index (χ3n) is 6.65. The molecule has 0 N–H and O–H groups in total. The Kier molecular flexibility index (Phi) is 8.43. The highest BCUT2D eigenvalue weighted by atomic mass is 32.1. The monoisotopic (exact) mass is 508 g/mol.